The van der Waals surface area contributed by atoms with Gasteiger partial charge >= 0.3 is 6.18 Å². The molecule has 0 spiro atoms. The van der Waals surface area contributed by atoms with Crippen molar-refractivity contribution in [2.75, 3.05) is 37.9 Å². The Morgan fingerprint density at radius 2 is 1.81 bits per heavy atom. The summed E-state index contributed by atoms with van der Waals surface area (Å²) in [5.41, 5.74) is -0.199. The Morgan fingerprint density at radius 3 is 2.44 bits per heavy atom. The molecule has 0 unspecified atom stereocenters. The van der Waals surface area contributed by atoms with E-state index in [2.05, 4.69) is 44.7 Å². The molecule has 0 bridgehead atoms. The van der Waals surface area contributed by atoms with Gasteiger partial charge in [-0.15, -0.1) is 0 Å². The van der Waals surface area contributed by atoms with Gasteiger partial charge in [0, 0.05) is 56.9 Å². The van der Waals surface area contributed by atoms with Gasteiger partial charge in [0.05, 0.1) is 18.8 Å². The molecule has 43 heavy (non-hydrogen) atoms. The Bertz CT molecular complexity index is 1280. The van der Waals surface area contributed by atoms with E-state index >= 15 is 0 Å². The number of ether oxygens (including phenoxy) is 1. The molecule has 3 N–H and O–H groups in total. The van der Waals surface area contributed by atoms with Crippen molar-refractivity contribution in [2.45, 2.75) is 89.6 Å². The average Bonchev–Trinajstić information content (AvgIpc) is 2.97. The van der Waals surface area contributed by atoms with Crippen molar-refractivity contribution in [3.05, 3.63) is 35.5 Å². The number of hydrogen-bond donors (Lipinski definition) is 3. The van der Waals surface area contributed by atoms with E-state index in [-0.39, 0.29) is 35.7 Å². The summed E-state index contributed by atoms with van der Waals surface area (Å²) in [6, 6.07) is 4.69. The van der Waals surface area contributed by atoms with E-state index in [9.17, 15) is 22.8 Å². The summed E-state index contributed by atoms with van der Waals surface area (Å²) in [5.74, 6) is -0.494. The zero-order valence-corrected chi connectivity index (χ0v) is 25.4. The normalized spacial score (nSPS) is 20.0. The number of piperidine rings is 1. The third-order valence-corrected chi connectivity index (χ3v) is 8.45. The van der Waals surface area contributed by atoms with Gasteiger partial charge in [0.2, 0.25) is 11.9 Å². The second kappa shape index (κ2) is 13.8. The summed E-state index contributed by atoms with van der Waals surface area (Å²) in [5, 5.41) is 9.01. The molecule has 1 saturated carbocycles. The van der Waals surface area contributed by atoms with Gasteiger partial charge in [-0.25, -0.2) is 4.98 Å². The fourth-order valence-electron chi connectivity index (χ4n) is 5.80. The van der Waals surface area contributed by atoms with Gasteiger partial charge < -0.3 is 30.5 Å². The van der Waals surface area contributed by atoms with Crippen LogP contribution in [0.15, 0.2) is 24.4 Å². The Kier molecular flexibility index (Phi) is 10.4. The summed E-state index contributed by atoms with van der Waals surface area (Å²) >= 11 is 0. The molecule has 13 heteroatoms. The Labute approximate surface area is 250 Å². The summed E-state index contributed by atoms with van der Waals surface area (Å²) in [4.78, 5) is 37.1. The van der Waals surface area contributed by atoms with Gasteiger partial charge in [-0.3, -0.25) is 9.59 Å². The van der Waals surface area contributed by atoms with Crippen molar-refractivity contribution in [3.8, 4) is 5.75 Å². The third-order valence-electron chi connectivity index (χ3n) is 8.45. The minimum absolute atomic E-state index is 0.0739. The van der Waals surface area contributed by atoms with E-state index in [0.717, 1.165) is 45.0 Å². The largest absolute Gasteiger partial charge is 0.495 e. The molecular weight excluding hydrogens is 563 g/mol. The number of aromatic nitrogens is 2. The van der Waals surface area contributed by atoms with Crippen LogP contribution < -0.4 is 20.7 Å². The van der Waals surface area contributed by atoms with E-state index in [1.165, 1.54) is 14.0 Å². The molecule has 2 fully saturated rings. The van der Waals surface area contributed by atoms with Crippen LogP contribution in [0.5, 0.6) is 5.75 Å². The first-order valence-corrected chi connectivity index (χ1v) is 14.8. The number of methoxy groups -OCH3 is 1. The highest BCUT2D eigenvalue weighted by Gasteiger charge is 2.38. The molecule has 0 radical (unpaired) electrons. The maximum atomic E-state index is 13.9. The lowest BCUT2D eigenvalue weighted by Crippen LogP contribution is -2.49. The van der Waals surface area contributed by atoms with Crippen LogP contribution in [0, 0.1) is 0 Å². The highest BCUT2D eigenvalue weighted by molar-refractivity contribution is 5.95. The van der Waals surface area contributed by atoms with Crippen LogP contribution in [0.1, 0.15) is 75.2 Å². The minimum atomic E-state index is -4.68. The molecule has 1 saturated heterocycles. The molecule has 2 amide bonds. The lowest BCUT2D eigenvalue weighted by molar-refractivity contribution is -0.137. The molecule has 2 atom stereocenters. The number of benzene rings is 1. The number of amides is 2. The van der Waals surface area contributed by atoms with E-state index in [4.69, 9.17) is 4.74 Å². The number of likely N-dealkylation sites (N-methyl/N-ethyl adjacent to an activating group) is 1. The number of rotatable bonds is 9. The fraction of sp³-hybridized carbons (Fsp3) is 0.600. The summed E-state index contributed by atoms with van der Waals surface area (Å²) < 4.78 is 47.3. The molecule has 2 heterocycles. The first kappa shape index (κ1) is 32.3. The van der Waals surface area contributed by atoms with Gasteiger partial charge in [0.25, 0.3) is 5.91 Å². The highest BCUT2D eigenvalue weighted by Crippen LogP contribution is 2.36. The molecule has 4 rings (SSSR count). The van der Waals surface area contributed by atoms with Crippen LogP contribution in [0.2, 0.25) is 0 Å². The zero-order valence-electron chi connectivity index (χ0n) is 25.4. The number of carbonyl (C=O) groups is 2. The maximum absolute atomic E-state index is 13.9. The predicted octanol–water partition coefficient (Wildman–Crippen LogP) is 5.05. The smallest absolute Gasteiger partial charge is 0.421 e. The molecule has 2 aliphatic rings. The predicted molar refractivity (Wildman–Crippen MR) is 159 cm³/mol. The Morgan fingerprint density at radius 1 is 1.12 bits per heavy atom. The van der Waals surface area contributed by atoms with Crippen molar-refractivity contribution in [3.63, 3.8) is 0 Å². The van der Waals surface area contributed by atoms with Crippen molar-refractivity contribution in [2.24, 2.45) is 0 Å². The van der Waals surface area contributed by atoms with Crippen molar-refractivity contribution in [1.82, 2.24) is 25.1 Å². The van der Waals surface area contributed by atoms with Crippen molar-refractivity contribution in [1.29, 1.82) is 0 Å². The molecule has 1 aliphatic heterocycles. The van der Waals surface area contributed by atoms with Gasteiger partial charge in [-0.2, -0.15) is 18.2 Å². The van der Waals surface area contributed by atoms with E-state index in [1.54, 1.807) is 30.1 Å². The molecule has 10 nitrogen and oxygen atoms in total. The van der Waals surface area contributed by atoms with Crippen LogP contribution in [0.4, 0.5) is 30.6 Å². The SMILES string of the molecule is COc1cc(C(=O)NC2CCN(C(C)C)CC2)ccc1Nc1ncc(C(F)(F)F)c(N[C@@H]2CCCC[C@H]2N(C)C(C)=O)n1. The Balaban J connectivity index is 1.51. The lowest BCUT2D eigenvalue weighted by atomic mass is 9.89. The number of likely N-dealkylation sites (tertiary alicyclic amines) is 1. The molecule has 1 aliphatic carbocycles. The van der Waals surface area contributed by atoms with Crippen molar-refractivity contribution >= 4 is 29.3 Å². The van der Waals surface area contributed by atoms with Crippen LogP contribution in [-0.4, -0.2) is 83.0 Å². The topological polar surface area (TPSA) is 112 Å². The molecule has 2 aromatic rings. The maximum Gasteiger partial charge on any atom is 0.421 e. The summed E-state index contributed by atoms with van der Waals surface area (Å²) in [6.45, 7) is 7.62. The number of nitrogens with zero attached hydrogens (tertiary/aromatic N) is 4. The van der Waals surface area contributed by atoms with Crippen LogP contribution in [-0.2, 0) is 11.0 Å². The number of halogens is 3. The van der Waals surface area contributed by atoms with Crippen LogP contribution >= 0.6 is 0 Å². The number of hydrogen-bond acceptors (Lipinski definition) is 8. The van der Waals surface area contributed by atoms with Gasteiger partial charge in [0.15, 0.2) is 0 Å². The molecule has 236 valence electrons. The number of carbonyl (C=O) groups excluding carboxylic acids is 2. The first-order valence-electron chi connectivity index (χ1n) is 14.8. The molecule has 1 aromatic carbocycles. The number of nitrogens with one attached hydrogen (secondary N) is 3. The monoisotopic (exact) mass is 605 g/mol. The third kappa shape index (κ3) is 8.07. The summed E-state index contributed by atoms with van der Waals surface area (Å²) in [7, 11) is 3.11. The van der Waals surface area contributed by atoms with Crippen LogP contribution in [0.3, 0.4) is 0 Å². The second-order valence-electron chi connectivity index (χ2n) is 11.6. The standard InChI is InChI=1S/C30H42F3N7O3/c1-18(2)40-14-12-21(13-15-40)35-28(42)20-10-11-24(26(16-20)43-5)37-29-34-17-22(30(31,32)33)27(38-29)36-23-8-6-7-9-25(23)39(4)19(3)41/h10-11,16-18,21,23,25H,6-9,12-15H2,1-5H3,(H,35,42)(H2,34,36,37,38)/t23-,25-/m1/s1. The first-order chi connectivity index (χ1) is 20.4. The fourth-order valence-corrected chi connectivity index (χ4v) is 5.80. The number of anilines is 3. The van der Waals surface area contributed by atoms with E-state index < -0.39 is 17.8 Å². The lowest BCUT2D eigenvalue weighted by Gasteiger charge is -2.38. The zero-order chi connectivity index (χ0) is 31.3. The van der Waals surface area contributed by atoms with E-state index in [1.807, 2.05) is 0 Å². The Hall–Kier alpha value is -3.61. The number of alkyl halides is 3. The van der Waals surface area contributed by atoms with Gasteiger partial charge in [-0.1, -0.05) is 12.8 Å². The molecule has 1 aromatic heterocycles. The molecular formula is C30H42F3N7O3. The summed E-state index contributed by atoms with van der Waals surface area (Å²) in [6.07, 6.45) is 0.781. The van der Waals surface area contributed by atoms with Crippen LogP contribution in [0.25, 0.3) is 0 Å². The van der Waals surface area contributed by atoms with E-state index in [0.29, 0.717) is 35.9 Å². The average molecular weight is 606 g/mol. The highest BCUT2D eigenvalue weighted by atomic mass is 19.4. The quantitative estimate of drug-likeness (QED) is 0.364. The van der Waals surface area contributed by atoms with Gasteiger partial charge in [0.1, 0.15) is 17.1 Å². The minimum Gasteiger partial charge on any atom is -0.495 e. The van der Waals surface area contributed by atoms with Gasteiger partial charge in [-0.05, 0) is 57.7 Å². The second-order valence-corrected chi connectivity index (χ2v) is 11.6. The van der Waals surface area contributed by atoms with Crippen molar-refractivity contribution < 1.29 is 27.5 Å².